The standard InChI is InChI=1S/C12H12F2N6/c13-8-4-1-5-9(10(8)14)20(17)12(19-16)7-3-2-6-18-11(7)15/h1-6H,16-17H2,(H2,15,18)/b19-12-. The number of hydrazine groups is 1. The second kappa shape index (κ2) is 5.49. The third-order valence-electron chi connectivity index (χ3n) is 2.62. The van der Waals surface area contributed by atoms with E-state index in [0.717, 1.165) is 11.1 Å². The van der Waals surface area contributed by atoms with E-state index in [0.29, 0.717) is 5.56 Å². The number of pyridine rings is 1. The summed E-state index contributed by atoms with van der Waals surface area (Å²) < 4.78 is 26.9. The fourth-order valence-electron chi connectivity index (χ4n) is 1.66. The highest BCUT2D eigenvalue weighted by atomic mass is 19.2. The molecule has 0 aliphatic heterocycles. The van der Waals surface area contributed by atoms with Crippen LogP contribution in [0.4, 0.5) is 20.3 Å². The quantitative estimate of drug-likeness (QED) is 0.328. The van der Waals surface area contributed by atoms with E-state index in [2.05, 4.69) is 10.1 Å². The third-order valence-corrected chi connectivity index (χ3v) is 2.62. The lowest BCUT2D eigenvalue weighted by atomic mass is 10.2. The van der Waals surface area contributed by atoms with Gasteiger partial charge < -0.3 is 11.6 Å². The van der Waals surface area contributed by atoms with Gasteiger partial charge in [0.05, 0.1) is 11.3 Å². The number of hydrogen-bond acceptors (Lipinski definition) is 5. The number of nitrogens with zero attached hydrogens (tertiary/aromatic N) is 3. The molecule has 0 aliphatic rings. The van der Waals surface area contributed by atoms with Crippen molar-refractivity contribution in [3.63, 3.8) is 0 Å². The highest BCUT2D eigenvalue weighted by molar-refractivity contribution is 6.11. The van der Waals surface area contributed by atoms with E-state index in [1.807, 2.05) is 0 Å². The molecular weight excluding hydrogens is 266 g/mol. The molecule has 0 saturated carbocycles. The molecule has 0 aliphatic carbocycles. The van der Waals surface area contributed by atoms with Gasteiger partial charge in [0, 0.05) is 6.20 Å². The Labute approximate surface area is 113 Å². The zero-order valence-electron chi connectivity index (χ0n) is 10.3. The Kier molecular flexibility index (Phi) is 3.76. The molecule has 0 bridgehead atoms. The van der Waals surface area contributed by atoms with Gasteiger partial charge in [-0.15, -0.1) is 0 Å². The molecule has 8 heteroatoms. The minimum Gasteiger partial charge on any atom is -0.383 e. The normalized spacial score (nSPS) is 11.4. The average molecular weight is 278 g/mol. The minimum atomic E-state index is -1.11. The summed E-state index contributed by atoms with van der Waals surface area (Å²) in [6.45, 7) is 0. The van der Waals surface area contributed by atoms with Crippen LogP contribution in [0, 0.1) is 11.6 Å². The monoisotopic (exact) mass is 278 g/mol. The molecule has 0 radical (unpaired) electrons. The van der Waals surface area contributed by atoms with Gasteiger partial charge in [-0.05, 0) is 24.3 Å². The van der Waals surface area contributed by atoms with Crippen molar-refractivity contribution >= 4 is 17.3 Å². The Morgan fingerprint density at radius 3 is 2.60 bits per heavy atom. The zero-order valence-corrected chi connectivity index (χ0v) is 10.3. The molecule has 104 valence electrons. The highest BCUT2D eigenvalue weighted by Gasteiger charge is 2.20. The lowest BCUT2D eigenvalue weighted by molar-refractivity contribution is 0.509. The van der Waals surface area contributed by atoms with Gasteiger partial charge in [-0.2, -0.15) is 5.10 Å². The first-order chi connectivity index (χ1) is 9.56. The second-order valence-corrected chi connectivity index (χ2v) is 3.83. The fourth-order valence-corrected chi connectivity index (χ4v) is 1.66. The van der Waals surface area contributed by atoms with E-state index in [9.17, 15) is 8.78 Å². The van der Waals surface area contributed by atoms with Crippen LogP contribution in [0.15, 0.2) is 41.6 Å². The first-order valence-corrected chi connectivity index (χ1v) is 5.54. The van der Waals surface area contributed by atoms with Crippen molar-refractivity contribution in [2.75, 3.05) is 10.7 Å². The number of amidine groups is 1. The molecule has 0 saturated heterocycles. The maximum atomic E-state index is 13.7. The van der Waals surface area contributed by atoms with Crippen LogP contribution >= 0.6 is 0 Å². The Bertz CT molecular complexity index is 658. The van der Waals surface area contributed by atoms with Gasteiger partial charge in [-0.3, -0.25) is 5.01 Å². The number of hydrogen-bond donors (Lipinski definition) is 3. The number of nitrogen functional groups attached to an aromatic ring is 1. The van der Waals surface area contributed by atoms with E-state index >= 15 is 0 Å². The SMILES string of the molecule is N/N=C(/c1cccnc1N)N(N)c1cccc(F)c1F. The van der Waals surface area contributed by atoms with E-state index in [1.165, 1.54) is 18.3 Å². The number of anilines is 2. The summed E-state index contributed by atoms with van der Waals surface area (Å²) in [5.74, 6) is 8.95. The van der Waals surface area contributed by atoms with Gasteiger partial charge in [-0.1, -0.05) is 6.07 Å². The summed E-state index contributed by atoms with van der Waals surface area (Å²) in [5.41, 5.74) is 5.77. The smallest absolute Gasteiger partial charge is 0.183 e. The Morgan fingerprint density at radius 1 is 1.20 bits per heavy atom. The molecule has 0 spiro atoms. The molecular formula is C12H12F2N6. The number of rotatable bonds is 2. The molecule has 2 rings (SSSR count). The maximum absolute atomic E-state index is 13.7. The van der Waals surface area contributed by atoms with Crippen LogP contribution in [0.1, 0.15) is 5.56 Å². The average Bonchev–Trinajstić information content (AvgIpc) is 2.44. The largest absolute Gasteiger partial charge is 0.383 e. The van der Waals surface area contributed by atoms with Crippen LogP contribution in [0.3, 0.4) is 0 Å². The summed E-state index contributed by atoms with van der Waals surface area (Å²) in [6.07, 6.45) is 1.47. The Balaban J connectivity index is 2.48. The third kappa shape index (κ3) is 2.36. The van der Waals surface area contributed by atoms with Crippen molar-refractivity contribution < 1.29 is 8.78 Å². The molecule has 0 unspecified atom stereocenters. The van der Waals surface area contributed by atoms with Crippen LogP contribution in [-0.4, -0.2) is 10.8 Å². The number of hydrazone groups is 1. The van der Waals surface area contributed by atoms with Crippen molar-refractivity contribution in [1.29, 1.82) is 0 Å². The molecule has 20 heavy (non-hydrogen) atoms. The van der Waals surface area contributed by atoms with Crippen LogP contribution in [0.5, 0.6) is 0 Å². The van der Waals surface area contributed by atoms with Crippen molar-refractivity contribution in [1.82, 2.24) is 4.98 Å². The topological polar surface area (TPSA) is 107 Å². The van der Waals surface area contributed by atoms with Gasteiger partial charge in [-0.25, -0.2) is 19.6 Å². The number of benzene rings is 1. The van der Waals surface area contributed by atoms with Crippen LogP contribution in [0.2, 0.25) is 0 Å². The van der Waals surface area contributed by atoms with Crippen LogP contribution in [0.25, 0.3) is 0 Å². The molecule has 1 aromatic carbocycles. The molecule has 1 aromatic heterocycles. The molecule has 6 nitrogen and oxygen atoms in total. The number of halogens is 2. The first kappa shape index (κ1) is 13.7. The van der Waals surface area contributed by atoms with Gasteiger partial charge in [0.1, 0.15) is 5.82 Å². The van der Waals surface area contributed by atoms with Crippen molar-refractivity contribution in [3.8, 4) is 0 Å². The molecule has 6 N–H and O–H groups in total. The summed E-state index contributed by atoms with van der Waals surface area (Å²) in [4.78, 5) is 3.86. The van der Waals surface area contributed by atoms with Crippen LogP contribution in [-0.2, 0) is 0 Å². The van der Waals surface area contributed by atoms with Gasteiger partial charge >= 0.3 is 0 Å². The lowest BCUT2D eigenvalue weighted by Crippen LogP contribution is -2.40. The number of nitrogens with two attached hydrogens (primary N) is 3. The van der Waals surface area contributed by atoms with E-state index in [4.69, 9.17) is 17.4 Å². The number of aromatic nitrogens is 1. The van der Waals surface area contributed by atoms with Gasteiger partial charge in [0.25, 0.3) is 0 Å². The predicted molar refractivity (Wildman–Crippen MR) is 72.4 cm³/mol. The summed E-state index contributed by atoms with van der Waals surface area (Å²) in [6, 6.07) is 6.73. The second-order valence-electron chi connectivity index (χ2n) is 3.83. The van der Waals surface area contributed by atoms with Gasteiger partial charge in [0.2, 0.25) is 0 Å². The molecule has 2 aromatic rings. The van der Waals surface area contributed by atoms with Crippen molar-refractivity contribution in [2.24, 2.45) is 16.8 Å². The molecule has 0 fully saturated rings. The fraction of sp³-hybridized carbons (Fsp3) is 0. The van der Waals surface area contributed by atoms with E-state index in [-0.39, 0.29) is 17.3 Å². The van der Waals surface area contributed by atoms with Crippen LogP contribution < -0.4 is 22.4 Å². The highest BCUT2D eigenvalue weighted by Crippen LogP contribution is 2.22. The molecule has 1 heterocycles. The Morgan fingerprint density at radius 2 is 1.95 bits per heavy atom. The lowest BCUT2D eigenvalue weighted by Gasteiger charge is -2.21. The molecule has 0 amide bonds. The van der Waals surface area contributed by atoms with E-state index < -0.39 is 11.6 Å². The first-order valence-electron chi connectivity index (χ1n) is 5.54. The van der Waals surface area contributed by atoms with Crippen molar-refractivity contribution in [2.45, 2.75) is 0 Å². The van der Waals surface area contributed by atoms with Crippen molar-refractivity contribution in [3.05, 3.63) is 53.7 Å². The minimum absolute atomic E-state index is 0.0416. The molecule has 0 atom stereocenters. The Hall–Kier alpha value is -2.74. The summed E-state index contributed by atoms with van der Waals surface area (Å²) in [5, 5.41) is 4.29. The summed E-state index contributed by atoms with van der Waals surface area (Å²) in [7, 11) is 0. The zero-order chi connectivity index (χ0) is 14.7. The summed E-state index contributed by atoms with van der Waals surface area (Å²) >= 11 is 0. The maximum Gasteiger partial charge on any atom is 0.183 e. The van der Waals surface area contributed by atoms with Gasteiger partial charge in [0.15, 0.2) is 17.5 Å². The van der Waals surface area contributed by atoms with E-state index in [1.54, 1.807) is 12.1 Å². The predicted octanol–water partition coefficient (Wildman–Crippen LogP) is 0.943.